The molecule has 0 aromatic heterocycles. The minimum Gasteiger partial charge on any atom is -0.489 e. The zero-order valence-electron chi connectivity index (χ0n) is 11.2. The van der Waals surface area contributed by atoms with Crippen molar-refractivity contribution in [1.82, 2.24) is 0 Å². The Morgan fingerprint density at radius 2 is 2.10 bits per heavy atom. The van der Waals surface area contributed by atoms with Crippen molar-refractivity contribution in [3.05, 3.63) is 63.6 Å². The molecule has 1 unspecified atom stereocenters. The van der Waals surface area contributed by atoms with E-state index in [-0.39, 0.29) is 6.10 Å². The molecule has 2 aromatic rings. The van der Waals surface area contributed by atoms with E-state index in [0.29, 0.717) is 6.61 Å². The first-order chi connectivity index (χ1) is 9.72. The third-order valence-corrected chi connectivity index (χ3v) is 4.18. The predicted octanol–water partition coefficient (Wildman–Crippen LogP) is 4.40. The number of aryl methyl sites for hydroxylation is 1. The predicted molar refractivity (Wildman–Crippen MR) is 82.8 cm³/mol. The normalized spacial score (nSPS) is 17.6. The Bertz CT molecular complexity index is 610. The fourth-order valence-corrected chi connectivity index (χ4v) is 3.09. The average Bonchev–Trinajstić information content (AvgIpc) is 2.45. The zero-order valence-corrected chi connectivity index (χ0v) is 12.8. The SMILES string of the molecule is OC1CCCc2cc(OCc3cccc(Br)c3)ccc21. The number of aliphatic hydroxyl groups is 1. The molecule has 0 bridgehead atoms. The molecule has 1 aliphatic rings. The first kappa shape index (κ1) is 13.7. The van der Waals surface area contributed by atoms with Gasteiger partial charge in [-0.05, 0) is 60.2 Å². The molecule has 0 aliphatic heterocycles. The van der Waals surface area contributed by atoms with Gasteiger partial charge in [-0.1, -0.05) is 34.1 Å². The van der Waals surface area contributed by atoms with Crippen LogP contribution >= 0.6 is 15.9 Å². The Hall–Kier alpha value is -1.32. The lowest BCUT2D eigenvalue weighted by Crippen LogP contribution is -2.09. The number of fused-ring (bicyclic) bond motifs is 1. The maximum atomic E-state index is 9.94. The van der Waals surface area contributed by atoms with Gasteiger partial charge in [-0.3, -0.25) is 0 Å². The van der Waals surface area contributed by atoms with Gasteiger partial charge in [-0.2, -0.15) is 0 Å². The van der Waals surface area contributed by atoms with Gasteiger partial charge >= 0.3 is 0 Å². The first-order valence-electron chi connectivity index (χ1n) is 6.90. The molecule has 0 amide bonds. The van der Waals surface area contributed by atoms with Gasteiger partial charge < -0.3 is 9.84 Å². The summed E-state index contributed by atoms with van der Waals surface area (Å²) < 4.78 is 6.91. The monoisotopic (exact) mass is 332 g/mol. The van der Waals surface area contributed by atoms with Crippen molar-refractivity contribution in [1.29, 1.82) is 0 Å². The van der Waals surface area contributed by atoms with Crippen LogP contribution in [0.1, 0.15) is 35.6 Å². The lowest BCUT2D eigenvalue weighted by Gasteiger charge is -2.21. The van der Waals surface area contributed by atoms with E-state index in [1.165, 1.54) is 5.56 Å². The summed E-state index contributed by atoms with van der Waals surface area (Å²) in [4.78, 5) is 0. The number of benzene rings is 2. The molecule has 0 radical (unpaired) electrons. The van der Waals surface area contributed by atoms with Crippen molar-refractivity contribution in [3.8, 4) is 5.75 Å². The first-order valence-corrected chi connectivity index (χ1v) is 7.70. The number of ether oxygens (including phenoxy) is 1. The number of rotatable bonds is 3. The van der Waals surface area contributed by atoms with Crippen LogP contribution in [0, 0.1) is 0 Å². The number of halogens is 1. The van der Waals surface area contributed by atoms with Gasteiger partial charge in [0.25, 0.3) is 0 Å². The van der Waals surface area contributed by atoms with Crippen LogP contribution in [0.15, 0.2) is 46.9 Å². The van der Waals surface area contributed by atoms with Crippen LogP contribution in [0.4, 0.5) is 0 Å². The fourth-order valence-electron chi connectivity index (χ4n) is 2.65. The van der Waals surface area contributed by atoms with Crippen LogP contribution in [0.3, 0.4) is 0 Å². The molecule has 3 heteroatoms. The summed E-state index contributed by atoms with van der Waals surface area (Å²) in [5.74, 6) is 0.873. The maximum absolute atomic E-state index is 9.94. The zero-order chi connectivity index (χ0) is 13.9. The molecule has 2 nitrogen and oxygen atoms in total. The van der Waals surface area contributed by atoms with Gasteiger partial charge in [0.05, 0.1) is 6.10 Å². The van der Waals surface area contributed by atoms with Crippen molar-refractivity contribution < 1.29 is 9.84 Å². The van der Waals surface area contributed by atoms with Crippen molar-refractivity contribution in [2.24, 2.45) is 0 Å². The Labute approximate surface area is 127 Å². The molecule has 20 heavy (non-hydrogen) atoms. The van der Waals surface area contributed by atoms with Gasteiger partial charge in [-0.25, -0.2) is 0 Å². The van der Waals surface area contributed by atoms with Crippen LogP contribution in [0.2, 0.25) is 0 Å². The molecule has 0 saturated heterocycles. The summed E-state index contributed by atoms with van der Waals surface area (Å²) in [6.07, 6.45) is 2.63. The van der Waals surface area contributed by atoms with Gasteiger partial charge in [0.15, 0.2) is 0 Å². The molecule has 0 fully saturated rings. The average molecular weight is 333 g/mol. The largest absolute Gasteiger partial charge is 0.489 e. The minimum absolute atomic E-state index is 0.308. The summed E-state index contributed by atoms with van der Waals surface area (Å²) >= 11 is 3.46. The number of hydrogen-bond acceptors (Lipinski definition) is 2. The van der Waals surface area contributed by atoms with Gasteiger partial charge in [0.2, 0.25) is 0 Å². The quantitative estimate of drug-likeness (QED) is 0.902. The lowest BCUT2D eigenvalue weighted by atomic mass is 9.89. The third kappa shape index (κ3) is 3.05. The van der Waals surface area contributed by atoms with Crippen molar-refractivity contribution in [2.75, 3.05) is 0 Å². The van der Waals surface area contributed by atoms with Gasteiger partial charge in [-0.15, -0.1) is 0 Å². The summed E-state index contributed by atoms with van der Waals surface area (Å²) in [5, 5.41) is 9.94. The highest BCUT2D eigenvalue weighted by Crippen LogP contribution is 2.32. The van der Waals surface area contributed by atoms with E-state index in [4.69, 9.17) is 4.74 Å². The molecular weight excluding hydrogens is 316 g/mol. The molecule has 0 heterocycles. The second kappa shape index (κ2) is 5.98. The number of hydrogen-bond donors (Lipinski definition) is 1. The van der Waals surface area contributed by atoms with E-state index in [2.05, 4.69) is 28.1 Å². The smallest absolute Gasteiger partial charge is 0.120 e. The van der Waals surface area contributed by atoms with Gasteiger partial charge in [0.1, 0.15) is 12.4 Å². The maximum Gasteiger partial charge on any atom is 0.120 e. The Kier molecular flexibility index (Phi) is 4.08. The van der Waals surface area contributed by atoms with Crippen LogP contribution in [0.25, 0.3) is 0 Å². The second-order valence-corrected chi connectivity index (χ2v) is 6.10. The molecule has 1 atom stereocenters. The van der Waals surface area contributed by atoms with E-state index in [1.54, 1.807) is 0 Å². The summed E-state index contributed by atoms with van der Waals surface area (Å²) in [6, 6.07) is 14.1. The standard InChI is InChI=1S/C17H17BrO2/c18-14-5-1-3-12(9-14)11-20-15-7-8-16-13(10-15)4-2-6-17(16)19/h1,3,5,7-10,17,19H,2,4,6,11H2. The molecule has 2 aromatic carbocycles. The Morgan fingerprint density at radius 1 is 1.20 bits per heavy atom. The summed E-state index contributed by atoms with van der Waals surface area (Å²) in [5.41, 5.74) is 3.42. The van der Waals surface area contributed by atoms with Crippen molar-refractivity contribution >= 4 is 15.9 Å². The highest BCUT2D eigenvalue weighted by molar-refractivity contribution is 9.10. The molecule has 104 valence electrons. The highest BCUT2D eigenvalue weighted by Gasteiger charge is 2.18. The van der Waals surface area contributed by atoms with Gasteiger partial charge in [0, 0.05) is 4.47 Å². The van der Waals surface area contributed by atoms with Crippen LogP contribution in [0.5, 0.6) is 5.75 Å². The minimum atomic E-state index is -0.308. The third-order valence-electron chi connectivity index (χ3n) is 3.69. The van der Waals surface area contributed by atoms with Crippen LogP contribution < -0.4 is 4.74 Å². The molecule has 1 N–H and O–H groups in total. The van der Waals surface area contributed by atoms with E-state index >= 15 is 0 Å². The van der Waals surface area contributed by atoms with E-state index in [0.717, 1.165) is 40.6 Å². The topological polar surface area (TPSA) is 29.5 Å². The lowest BCUT2D eigenvalue weighted by molar-refractivity contribution is 0.156. The highest BCUT2D eigenvalue weighted by atomic mass is 79.9. The van der Waals surface area contributed by atoms with E-state index in [1.807, 2.05) is 30.3 Å². The second-order valence-electron chi connectivity index (χ2n) is 5.19. The van der Waals surface area contributed by atoms with E-state index in [9.17, 15) is 5.11 Å². The molecular formula is C17H17BrO2. The van der Waals surface area contributed by atoms with Crippen LogP contribution in [-0.4, -0.2) is 5.11 Å². The molecule has 1 aliphatic carbocycles. The summed E-state index contributed by atoms with van der Waals surface area (Å²) in [7, 11) is 0. The Morgan fingerprint density at radius 3 is 2.95 bits per heavy atom. The van der Waals surface area contributed by atoms with Crippen molar-refractivity contribution in [3.63, 3.8) is 0 Å². The Balaban J connectivity index is 1.72. The molecule has 3 rings (SSSR count). The molecule has 0 spiro atoms. The number of aliphatic hydroxyl groups excluding tert-OH is 1. The fraction of sp³-hybridized carbons (Fsp3) is 0.294. The van der Waals surface area contributed by atoms with Crippen molar-refractivity contribution in [2.45, 2.75) is 32.0 Å². The summed E-state index contributed by atoms with van der Waals surface area (Å²) in [6.45, 7) is 0.556. The van der Waals surface area contributed by atoms with E-state index < -0.39 is 0 Å². The molecule has 0 saturated carbocycles. The van der Waals surface area contributed by atoms with Crippen LogP contribution in [-0.2, 0) is 13.0 Å².